The Morgan fingerprint density at radius 1 is 1.62 bits per heavy atom. The van der Waals surface area contributed by atoms with Crippen LogP contribution in [0.3, 0.4) is 0 Å². The molecule has 0 radical (unpaired) electrons. The van der Waals surface area contributed by atoms with Crippen molar-refractivity contribution in [2.24, 2.45) is 5.92 Å². The van der Waals surface area contributed by atoms with Crippen LogP contribution in [0.5, 0.6) is 0 Å². The smallest absolute Gasteiger partial charge is 0.478 e. The molecule has 42 valence electrons. The SMILES string of the molecule is CC(C)C[P+](=S)[S-].[K+]. The summed E-state index contributed by atoms with van der Waals surface area (Å²) in [7, 11) is 0. The van der Waals surface area contributed by atoms with Gasteiger partial charge in [-0.25, -0.2) is 0 Å². The molecule has 0 spiro atoms. The average Bonchev–Trinajstić information content (AvgIpc) is 1.27. The first-order valence-electron chi connectivity index (χ1n) is 2.24. The summed E-state index contributed by atoms with van der Waals surface area (Å²) < 4.78 is 0. The van der Waals surface area contributed by atoms with Crippen LogP contribution in [0.4, 0.5) is 0 Å². The summed E-state index contributed by atoms with van der Waals surface area (Å²) in [4.78, 5) is 0. The first-order chi connectivity index (χ1) is 3.13. The van der Waals surface area contributed by atoms with Gasteiger partial charge in [-0.3, -0.25) is 0 Å². The van der Waals surface area contributed by atoms with Crippen molar-refractivity contribution >= 4 is 30.0 Å². The van der Waals surface area contributed by atoms with Gasteiger partial charge in [-0.2, -0.15) is 0 Å². The van der Waals surface area contributed by atoms with Gasteiger partial charge in [0.25, 0.3) is 0 Å². The second kappa shape index (κ2) is 7.61. The number of rotatable bonds is 2. The molecule has 0 aromatic heterocycles. The van der Waals surface area contributed by atoms with Crippen molar-refractivity contribution in [3.05, 3.63) is 0 Å². The normalized spacial score (nSPS) is 10.8. The van der Waals surface area contributed by atoms with Crippen molar-refractivity contribution in [1.82, 2.24) is 0 Å². The van der Waals surface area contributed by atoms with E-state index >= 15 is 0 Å². The Balaban J connectivity index is 0. The van der Waals surface area contributed by atoms with E-state index in [2.05, 4.69) is 13.8 Å². The third kappa shape index (κ3) is 11.3. The standard InChI is InChI=1S/C4H9PS2.K/c1-4(2)3-5(6)7;/h4H,3H2,1-2H3;/q;+1. The molecular weight excluding hydrogens is 182 g/mol. The molecule has 8 heavy (non-hydrogen) atoms. The third-order valence-electron chi connectivity index (χ3n) is 0.514. The monoisotopic (exact) mass is 191 g/mol. The van der Waals surface area contributed by atoms with Crippen molar-refractivity contribution in [1.29, 1.82) is 0 Å². The summed E-state index contributed by atoms with van der Waals surface area (Å²) >= 11 is 9.67. The topological polar surface area (TPSA) is 0 Å². The Hall–Kier alpha value is 2.51. The number of hydrogen-bond acceptors (Lipinski definition) is 2. The maximum Gasteiger partial charge on any atom is 1.00 e. The van der Waals surface area contributed by atoms with Crippen LogP contribution in [0, 0.1) is 5.92 Å². The Bertz CT molecular complexity index is 74.4. The summed E-state index contributed by atoms with van der Waals surface area (Å²) in [5, 5.41) is 0. The molecule has 0 rings (SSSR count). The van der Waals surface area contributed by atoms with Gasteiger partial charge < -0.3 is 12.2 Å². The molecule has 0 saturated carbocycles. The zero-order valence-electron chi connectivity index (χ0n) is 5.55. The van der Waals surface area contributed by atoms with Crippen molar-refractivity contribution in [3.8, 4) is 0 Å². The van der Waals surface area contributed by atoms with Gasteiger partial charge in [0.05, 0.1) is 6.16 Å². The van der Waals surface area contributed by atoms with Crippen molar-refractivity contribution in [2.45, 2.75) is 13.8 Å². The van der Waals surface area contributed by atoms with Gasteiger partial charge in [-0.15, -0.1) is 0 Å². The van der Waals surface area contributed by atoms with Gasteiger partial charge in [0.15, 0.2) is 0 Å². The van der Waals surface area contributed by atoms with E-state index in [1.54, 1.807) is 0 Å². The summed E-state index contributed by atoms with van der Waals surface area (Å²) in [6.07, 6.45) is 1.06. The largest absolute Gasteiger partial charge is 1.00 e. The minimum Gasteiger partial charge on any atom is -0.478 e. The predicted molar refractivity (Wildman–Crippen MR) is 41.4 cm³/mol. The predicted octanol–water partition coefficient (Wildman–Crippen LogP) is -0.948. The van der Waals surface area contributed by atoms with Crippen LogP contribution in [0.2, 0.25) is 0 Å². The minimum atomic E-state index is -0.473. The van der Waals surface area contributed by atoms with Crippen molar-refractivity contribution in [2.75, 3.05) is 6.16 Å². The van der Waals surface area contributed by atoms with Gasteiger partial charge in [-0.1, -0.05) is 13.8 Å². The number of hydrogen-bond donors (Lipinski definition) is 0. The molecule has 0 aliphatic carbocycles. The molecular formula is C4H9KPS2+. The Morgan fingerprint density at radius 3 is 2.00 bits per heavy atom. The van der Waals surface area contributed by atoms with Crippen molar-refractivity contribution in [3.63, 3.8) is 0 Å². The molecule has 0 aliphatic rings. The molecule has 0 heterocycles. The van der Waals surface area contributed by atoms with E-state index < -0.39 is 5.90 Å². The zero-order chi connectivity index (χ0) is 5.86. The summed E-state index contributed by atoms with van der Waals surface area (Å²) in [6, 6.07) is 0. The molecule has 0 nitrogen and oxygen atoms in total. The summed E-state index contributed by atoms with van der Waals surface area (Å²) in [5.41, 5.74) is 0. The molecule has 0 saturated heterocycles. The first kappa shape index (κ1) is 13.1. The molecule has 0 aromatic rings. The molecule has 0 aromatic carbocycles. The summed E-state index contributed by atoms with van der Waals surface area (Å²) in [5.74, 6) is 0.222. The molecule has 0 fully saturated rings. The van der Waals surface area contributed by atoms with Crippen LogP contribution < -0.4 is 51.4 Å². The fourth-order valence-electron chi connectivity index (χ4n) is 0.298. The minimum absolute atomic E-state index is 0. The summed E-state index contributed by atoms with van der Waals surface area (Å²) in [6.45, 7) is 4.29. The fraction of sp³-hybridized carbons (Fsp3) is 1.00. The van der Waals surface area contributed by atoms with Gasteiger partial charge in [-0.05, 0) is 5.92 Å². The van der Waals surface area contributed by atoms with Crippen LogP contribution in [-0.4, -0.2) is 6.16 Å². The van der Waals surface area contributed by atoms with Gasteiger partial charge in [0.2, 0.25) is 0 Å². The van der Waals surface area contributed by atoms with E-state index in [0.29, 0.717) is 5.92 Å². The molecule has 1 atom stereocenters. The van der Waals surface area contributed by atoms with E-state index in [1.165, 1.54) is 0 Å². The first-order valence-corrected chi connectivity index (χ1v) is 5.80. The molecule has 0 aliphatic heterocycles. The van der Waals surface area contributed by atoms with Crippen molar-refractivity contribution < 1.29 is 51.4 Å². The molecule has 0 N–H and O–H groups in total. The van der Waals surface area contributed by atoms with Crippen LogP contribution >= 0.6 is 5.90 Å². The second-order valence-electron chi connectivity index (χ2n) is 1.91. The van der Waals surface area contributed by atoms with Gasteiger partial charge in [0.1, 0.15) is 11.8 Å². The Morgan fingerprint density at radius 2 is 2.00 bits per heavy atom. The third-order valence-corrected chi connectivity index (χ3v) is 2.44. The fourth-order valence-corrected chi connectivity index (χ4v) is 2.68. The van der Waals surface area contributed by atoms with E-state index in [4.69, 9.17) is 24.1 Å². The Labute approximate surface area is 105 Å². The quantitative estimate of drug-likeness (QED) is 0.314. The van der Waals surface area contributed by atoms with Crippen LogP contribution in [-0.2, 0) is 24.1 Å². The van der Waals surface area contributed by atoms with Gasteiger partial charge in [0, 0.05) is 5.90 Å². The van der Waals surface area contributed by atoms with E-state index in [0.717, 1.165) is 6.16 Å². The Kier molecular flexibility index (Phi) is 12.5. The zero-order valence-corrected chi connectivity index (χ0v) is 11.2. The maximum absolute atomic E-state index is 4.83. The van der Waals surface area contributed by atoms with Crippen LogP contribution in [0.1, 0.15) is 13.8 Å². The second-order valence-corrected chi connectivity index (χ2v) is 6.28. The van der Waals surface area contributed by atoms with Gasteiger partial charge >= 0.3 is 51.4 Å². The van der Waals surface area contributed by atoms with E-state index in [-0.39, 0.29) is 51.4 Å². The van der Waals surface area contributed by atoms with E-state index in [9.17, 15) is 0 Å². The molecule has 0 bridgehead atoms. The molecule has 0 amide bonds. The maximum atomic E-state index is 4.83. The average molecular weight is 191 g/mol. The van der Waals surface area contributed by atoms with E-state index in [1.807, 2.05) is 0 Å². The molecule has 1 unspecified atom stereocenters. The van der Waals surface area contributed by atoms with Crippen LogP contribution in [0.25, 0.3) is 0 Å². The van der Waals surface area contributed by atoms with Crippen LogP contribution in [0.15, 0.2) is 0 Å². The molecule has 4 heteroatoms.